The summed E-state index contributed by atoms with van der Waals surface area (Å²) in [6.07, 6.45) is 4.24. The number of rotatable bonds is 12. The van der Waals surface area contributed by atoms with E-state index >= 15 is 0 Å². The number of carbonyl (C=O) groups is 4. The van der Waals surface area contributed by atoms with Gasteiger partial charge in [0, 0.05) is 12.8 Å². The lowest BCUT2D eigenvalue weighted by molar-refractivity contribution is -0.151. The SMILES string of the molecule is CCCCC(=O)CC(=O)OC(C)C.CCCCC(=O)CC(=O)OC(C)C. The Hall–Kier alpha value is -1.72. The first-order valence-corrected chi connectivity index (χ1v) is 9.54. The molecule has 0 aromatic heterocycles. The summed E-state index contributed by atoms with van der Waals surface area (Å²) in [6.45, 7) is 11.1. The van der Waals surface area contributed by atoms with E-state index in [9.17, 15) is 19.2 Å². The molecule has 0 aromatic rings. The van der Waals surface area contributed by atoms with Gasteiger partial charge in [-0.2, -0.15) is 0 Å². The molecule has 6 nitrogen and oxygen atoms in total. The van der Waals surface area contributed by atoms with Crippen LogP contribution in [0.1, 0.15) is 92.9 Å². The third-order valence-corrected chi connectivity index (χ3v) is 3.04. The molecule has 26 heavy (non-hydrogen) atoms. The van der Waals surface area contributed by atoms with Crippen LogP contribution in [0.2, 0.25) is 0 Å². The largest absolute Gasteiger partial charge is 0.463 e. The standard InChI is InChI=1S/2C10H18O3/c2*1-4-5-6-9(11)7-10(12)13-8(2)3/h2*8H,4-7H2,1-3H3. The molecule has 152 valence electrons. The van der Waals surface area contributed by atoms with Crippen molar-refractivity contribution >= 4 is 23.5 Å². The summed E-state index contributed by atoms with van der Waals surface area (Å²) in [5.41, 5.74) is 0. The highest BCUT2D eigenvalue weighted by atomic mass is 16.5. The van der Waals surface area contributed by atoms with E-state index in [-0.39, 0.29) is 36.6 Å². The van der Waals surface area contributed by atoms with Crippen LogP contribution in [0.15, 0.2) is 0 Å². The number of hydrogen-bond donors (Lipinski definition) is 0. The maximum Gasteiger partial charge on any atom is 0.313 e. The molecule has 0 radical (unpaired) electrons. The second-order valence-corrected chi connectivity index (χ2v) is 6.72. The normalized spacial score (nSPS) is 10.2. The minimum Gasteiger partial charge on any atom is -0.463 e. The zero-order valence-electron chi connectivity index (χ0n) is 17.3. The van der Waals surface area contributed by atoms with Crippen molar-refractivity contribution < 1.29 is 28.7 Å². The summed E-state index contributed by atoms with van der Waals surface area (Å²) in [6, 6.07) is 0. The van der Waals surface area contributed by atoms with Gasteiger partial charge in [-0.05, 0) is 40.5 Å². The van der Waals surface area contributed by atoms with Crippen LogP contribution in [-0.2, 0) is 28.7 Å². The van der Waals surface area contributed by atoms with E-state index in [1.54, 1.807) is 27.7 Å². The van der Waals surface area contributed by atoms with Crippen molar-refractivity contribution in [2.75, 3.05) is 0 Å². The highest BCUT2D eigenvalue weighted by Crippen LogP contribution is 2.02. The molecule has 0 fully saturated rings. The zero-order chi connectivity index (χ0) is 20.5. The number of unbranched alkanes of at least 4 members (excludes halogenated alkanes) is 2. The molecule has 0 spiro atoms. The predicted molar refractivity (Wildman–Crippen MR) is 101 cm³/mol. The van der Waals surface area contributed by atoms with Crippen LogP contribution in [-0.4, -0.2) is 35.7 Å². The van der Waals surface area contributed by atoms with Crippen LogP contribution in [0.25, 0.3) is 0 Å². The second-order valence-electron chi connectivity index (χ2n) is 6.72. The molecule has 0 aliphatic heterocycles. The maximum atomic E-state index is 11.1. The minimum absolute atomic E-state index is 0.0208. The summed E-state index contributed by atoms with van der Waals surface area (Å²) < 4.78 is 9.68. The van der Waals surface area contributed by atoms with Crippen molar-refractivity contribution in [3.63, 3.8) is 0 Å². The molecular weight excluding hydrogens is 336 g/mol. The topological polar surface area (TPSA) is 86.7 Å². The van der Waals surface area contributed by atoms with E-state index in [2.05, 4.69) is 0 Å². The summed E-state index contributed by atoms with van der Waals surface area (Å²) in [7, 11) is 0. The van der Waals surface area contributed by atoms with Crippen LogP contribution < -0.4 is 0 Å². The molecule has 0 saturated carbocycles. The van der Waals surface area contributed by atoms with Gasteiger partial charge in [-0.15, -0.1) is 0 Å². The van der Waals surface area contributed by atoms with Crippen molar-refractivity contribution in [2.45, 2.75) is 105 Å². The molecule has 6 heteroatoms. The lowest BCUT2D eigenvalue weighted by Gasteiger charge is -2.06. The van der Waals surface area contributed by atoms with E-state index < -0.39 is 11.9 Å². The first-order valence-electron chi connectivity index (χ1n) is 9.54. The monoisotopic (exact) mass is 372 g/mol. The Kier molecular flexibility index (Phi) is 17.1. The lowest BCUT2D eigenvalue weighted by atomic mass is 10.1. The average molecular weight is 373 g/mol. The Morgan fingerprint density at radius 3 is 1.19 bits per heavy atom. The molecule has 0 unspecified atom stereocenters. The van der Waals surface area contributed by atoms with Gasteiger partial charge < -0.3 is 9.47 Å². The van der Waals surface area contributed by atoms with E-state index in [4.69, 9.17) is 9.47 Å². The quantitative estimate of drug-likeness (QED) is 0.377. The van der Waals surface area contributed by atoms with Crippen molar-refractivity contribution in [3.05, 3.63) is 0 Å². The number of carbonyl (C=O) groups excluding carboxylic acids is 4. The van der Waals surface area contributed by atoms with Crippen LogP contribution in [0.4, 0.5) is 0 Å². The van der Waals surface area contributed by atoms with Crippen LogP contribution >= 0.6 is 0 Å². The third-order valence-electron chi connectivity index (χ3n) is 3.04. The molecule has 0 heterocycles. The van der Waals surface area contributed by atoms with Crippen LogP contribution in [0.3, 0.4) is 0 Å². The number of ketones is 2. The Morgan fingerprint density at radius 2 is 0.962 bits per heavy atom. The molecule has 0 saturated heterocycles. The highest BCUT2D eigenvalue weighted by Gasteiger charge is 2.12. The molecular formula is C20H36O6. The third kappa shape index (κ3) is 20.3. The first kappa shape index (κ1) is 26.5. The summed E-state index contributed by atoms with van der Waals surface area (Å²) in [4.78, 5) is 44.2. The van der Waals surface area contributed by atoms with Crippen molar-refractivity contribution in [1.29, 1.82) is 0 Å². The van der Waals surface area contributed by atoms with Crippen molar-refractivity contribution in [1.82, 2.24) is 0 Å². The summed E-state index contributed by atoms with van der Waals surface area (Å²) in [5.74, 6) is -0.854. The summed E-state index contributed by atoms with van der Waals surface area (Å²) in [5, 5.41) is 0. The van der Waals surface area contributed by atoms with Gasteiger partial charge in [-0.3, -0.25) is 19.2 Å². The Morgan fingerprint density at radius 1 is 0.654 bits per heavy atom. The molecule has 0 N–H and O–H groups in total. The average Bonchev–Trinajstić information content (AvgIpc) is 2.49. The minimum atomic E-state index is -0.406. The van der Waals surface area contributed by atoms with Crippen molar-refractivity contribution in [2.24, 2.45) is 0 Å². The molecule has 0 aliphatic carbocycles. The van der Waals surface area contributed by atoms with E-state index in [0.29, 0.717) is 12.8 Å². The Bertz CT molecular complexity index is 386. The molecule has 0 atom stereocenters. The number of ether oxygens (including phenoxy) is 2. The molecule has 0 rings (SSSR count). The summed E-state index contributed by atoms with van der Waals surface area (Å²) >= 11 is 0. The number of Topliss-reactive ketones (excluding diaryl/α,β-unsaturated/α-hetero) is 2. The molecule has 0 bridgehead atoms. The van der Waals surface area contributed by atoms with Gasteiger partial charge in [0.25, 0.3) is 0 Å². The highest BCUT2D eigenvalue weighted by molar-refractivity contribution is 5.96. The number of esters is 2. The second kappa shape index (κ2) is 16.7. The van der Waals surface area contributed by atoms with E-state index in [0.717, 1.165) is 25.7 Å². The molecule has 0 aromatic carbocycles. The fourth-order valence-electron chi connectivity index (χ4n) is 1.86. The number of hydrogen-bond acceptors (Lipinski definition) is 6. The van der Waals surface area contributed by atoms with Crippen molar-refractivity contribution in [3.8, 4) is 0 Å². The Balaban J connectivity index is 0. The maximum absolute atomic E-state index is 11.1. The van der Waals surface area contributed by atoms with Gasteiger partial charge in [-0.25, -0.2) is 0 Å². The van der Waals surface area contributed by atoms with Gasteiger partial charge in [0.2, 0.25) is 0 Å². The lowest BCUT2D eigenvalue weighted by Crippen LogP contribution is -2.15. The van der Waals surface area contributed by atoms with Gasteiger partial charge in [-0.1, -0.05) is 26.7 Å². The molecule has 0 amide bonds. The van der Waals surface area contributed by atoms with Gasteiger partial charge in [0.15, 0.2) is 0 Å². The fourth-order valence-corrected chi connectivity index (χ4v) is 1.86. The van der Waals surface area contributed by atoms with Gasteiger partial charge >= 0.3 is 11.9 Å². The van der Waals surface area contributed by atoms with E-state index in [1.165, 1.54) is 0 Å². The first-order chi connectivity index (χ1) is 12.1. The van der Waals surface area contributed by atoms with E-state index in [1.807, 2.05) is 13.8 Å². The smallest absolute Gasteiger partial charge is 0.313 e. The van der Waals surface area contributed by atoms with Gasteiger partial charge in [0.1, 0.15) is 24.4 Å². The Labute approximate surface area is 158 Å². The zero-order valence-corrected chi connectivity index (χ0v) is 17.3. The van der Waals surface area contributed by atoms with Gasteiger partial charge in [0.05, 0.1) is 12.2 Å². The van der Waals surface area contributed by atoms with Crippen LogP contribution in [0, 0.1) is 0 Å². The molecule has 0 aliphatic rings. The predicted octanol–water partition coefficient (Wildman–Crippen LogP) is 4.17. The van der Waals surface area contributed by atoms with Crippen LogP contribution in [0.5, 0.6) is 0 Å². The fraction of sp³-hybridized carbons (Fsp3) is 0.800.